The van der Waals surface area contributed by atoms with Crippen molar-refractivity contribution in [3.05, 3.63) is 57.8 Å². The van der Waals surface area contributed by atoms with Gasteiger partial charge in [0.2, 0.25) is 0 Å². The predicted octanol–water partition coefficient (Wildman–Crippen LogP) is 4.74. The summed E-state index contributed by atoms with van der Waals surface area (Å²) in [6.07, 6.45) is -0.927. The highest BCUT2D eigenvalue weighted by molar-refractivity contribution is 9.10. The summed E-state index contributed by atoms with van der Waals surface area (Å²) in [4.78, 5) is 0. The number of aliphatic hydroxyl groups is 1. The van der Waals surface area contributed by atoms with Crippen molar-refractivity contribution in [1.29, 1.82) is 0 Å². The Kier molecular flexibility index (Phi) is 4.22. The number of hydrogen-bond donors (Lipinski definition) is 1. The molecule has 4 heteroatoms. The number of benzene rings is 2. The van der Waals surface area contributed by atoms with Crippen molar-refractivity contribution in [2.24, 2.45) is 0 Å². The van der Waals surface area contributed by atoms with Gasteiger partial charge in [0.05, 0.1) is 11.7 Å². The van der Waals surface area contributed by atoms with Crippen LogP contribution in [0, 0.1) is 12.7 Å². The standard InChI is InChI=1S/C15H14BrFO2/c1-9-6-7-11(16)8-14(9)19-13-5-3-4-12(17)15(13)10(2)18/h3-8,10,18H,1-2H3/t10-/m0/s1. The SMILES string of the molecule is Cc1ccc(Br)cc1Oc1cccc(F)c1[C@H](C)O. The van der Waals surface area contributed by atoms with E-state index in [1.165, 1.54) is 13.0 Å². The molecular formula is C15H14BrFO2. The molecule has 0 aliphatic rings. The summed E-state index contributed by atoms with van der Waals surface area (Å²) in [5.41, 5.74) is 1.10. The minimum absolute atomic E-state index is 0.168. The molecule has 0 unspecified atom stereocenters. The fourth-order valence-electron chi connectivity index (χ4n) is 1.81. The van der Waals surface area contributed by atoms with E-state index in [1.54, 1.807) is 12.1 Å². The van der Waals surface area contributed by atoms with Crippen molar-refractivity contribution >= 4 is 15.9 Å². The maximum absolute atomic E-state index is 13.7. The Morgan fingerprint density at radius 1 is 1.21 bits per heavy atom. The number of ether oxygens (including phenoxy) is 1. The van der Waals surface area contributed by atoms with Crippen molar-refractivity contribution in [1.82, 2.24) is 0 Å². The highest BCUT2D eigenvalue weighted by Gasteiger charge is 2.15. The molecule has 0 aromatic heterocycles. The first kappa shape index (κ1) is 14.0. The zero-order valence-electron chi connectivity index (χ0n) is 10.7. The third-order valence-corrected chi connectivity index (χ3v) is 3.29. The molecule has 1 atom stereocenters. The smallest absolute Gasteiger partial charge is 0.136 e. The molecule has 0 amide bonds. The van der Waals surface area contributed by atoms with Gasteiger partial charge in [-0.25, -0.2) is 4.39 Å². The number of aliphatic hydroxyl groups excluding tert-OH is 1. The lowest BCUT2D eigenvalue weighted by atomic mass is 10.1. The molecule has 19 heavy (non-hydrogen) atoms. The molecule has 100 valence electrons. The lowest BCUT2D eigenvalue weighted by Gasteiger charge is -2.15. The molecule has 0 bridgehead atoms. The molecule has 0 heterocycles. The van der Waals surface area contributed by atoms with Gasteiger partial charge in [0.15, 0.2) is 0 Å². The largest absolute Gasteiger partial charge is 0.457 e. The first-order valence-corrected chi connectivity index (χ1v) is 6.69. The van der Waals surface area contributed by atoms with Gasteiger partial charge in [0.25, 0.3) is 0 Å². The number of rotatable bonds is 3. The van der Waals surface area contributed by atoms with Gasteiger partial charge < -0.3 is 9.84 Å². The fraction of sp³-hybridized carbons (Fsp3) is 0.200. The van der Waals surface area contributed by atoms with Crippen LogP contribution in [0.4, 0.5) is 4.39 Å². The molecule has 0 aliphatic carbocycles. The zero-order chi connectivity index (χ0) is 14.0. The summed E-state index contributed by atoms with van der Waals surface area (Å²) < 4.78 is 20.3. The summed E-state index contributed by atoms with van der Waals surface area (Å²) >= 11 is 3.37. The van der Waals surface area contributed by atoms with Gasteiger partial charge in [-0.1, -0.05) is 28.1 Å². The van der Waals surface area contributed by atoms with E-state index in [2.05, 4.69) is 15.9 Å². The van der Waals surface area contributed by atoms with E-state index in [9.17, 15) is 9.50 Å². The number of hydrogen-bond acceptors (Lipinski definition) is 2. The van der Waals surface area contributed by atoms with E-state index in [-0.39, 0.29) is 5.56 Å². The molecular weight excluding hydrogens is 311 g/mol. The molecule has 2 aromatic carbocycles. The second-order valence-corrected chi connectivity index (χ2v) is 5.26. The minimum Gasteiger partial charge on any atom is -0.457 e. The quantitative estimate of drug-likeness (QED) is 0.883. The molecule has 0 spiro atoms. The monoisotopic (exact) mass is 324 g/mol. The zero-order valence-corrected chi connectivity index (χ0v) is 12.2. The van der Waals surface area contributed by atoms with Crippen molar-refractivity contribution in [3.8, 4) is 11.5 Å². The number of halogens is 2. The van der Waals surface area contributed by atoms with Gasteiger partial charge in [0, 0.05) is 4.47 Å². The minimum atomic E-state index is -0.927. The molecule has 0 saturated heterocycles. The van der Waals surface area contributed by atoms with E-state index in [0.717, 1.165) is 10.0 Å². The lowest BCUT2D eigenvalue weighted by Crippen LogP contribution is -2.00. The molecule has 2 rings (SSSR count). The van der Waals surface area contributed by atoms with Gasteiger partial charge >= 0.3 is 0 Å². The van der Waals surface area contributed by atoms with E-state index < -0.39 is 11.9 Å². The Morgan fingerprint density at radius 2 is 1.95 bits per heavy atom. The Balaban J connectivity index is 2.44. The van der Waals surface area contributed by atoms with Crippen molar-refractivity contribution in [2.75, 3.05) is 0 Å². The normalized spacial score (nSPS) is 12.3. The van der Waals surface area contributed by atoms with E-state index in [0.29, 0.717) is 11.5 Å². The topological polar surface area (TPSA) is 29.5 Å². The highest BCUT2D eigenvalue weighted by atomic mass is 79.9. The van der Waals surface area contributed by atoms with E-state index in [1.807, 2.05) is 25.1 Å². The van der Waals surface area contributed by atoms with Crippen molar-refractivity contribution in [3.63, 3.8) is 0 Å². The molecule has 2 aromatic rings. The summed E-state index contributed by atoms with van der Waals surface area (Å²) in [6, 6.07) is 10.1. The lowest BCUT2D eigenvalue weighted by molar-refractivity contribution is 0.190. The summed E-state index contributed by atoms with van der Waals surface area (Å²) in [5.74, 6) is 0.484. The van der Waals surface area contributed by atoms with Crippen LogP contribution >= 0.6 is 15.9 Å². The molecule has 1 N–H and O–H groups in total. The second-order valence-electron chi connectivity index (χ2n) is 4.34. The van der Waals surface area contributed by atoms with Crippen molar-refractivity contribution in [2.45, 2.75) is 20.0 Å². The Morgan fingerprint density at radius 3 is 2.63 bits per heavy atom. The fourth-order valence-corrected chi connectivity index (χ4v) is 2.15. The highest BCUT2D eigenvalue weighted by Crippen LogP contribution is 2.34. The number of aryl methyl sites for hydroxylation is 1. The van der Waals surface area contributed by atoms with E-state index in [4.69, 9.17) is 4.74 Å². The predicted molar refractivity (Wildman–Crippen MR) is 76.0 cm³/mol. The van der Waals surface area contributed by atoms with Crippen LogP contribution in [0.1, 0.15) is 24.2 Å². The van der Waals surface area contributed by atoms with Gasteiger partial charge in [-0.15, -0.1) is 0 Å². The first-order chi connectivity index (χ1) is 8.99. The van der Waals surface area contributed by atoms with Gasteiger partial charge in [-0.05, 0) is 43.7 Å². The molecule has 2 nitrogen and oxygen atoms in total. The first-order valence-electron chi connectivity index (χ1n) is 5.89. The van der Waals surface area contributed by atoms with Gasteiger partial charge in [-0.2, -0.15) is 0 Å². The maximum atomic E-state index is 13.7. The molecule has 0 saturated carbocycles. The van der Waals surface area contributed by atoms with Crippen LogP contribution in [-0.2, 0) is 0 Å². The third-order valence-electron chi connectivity index (χ3n) is 2.80. The van der Waals surface area contributed by atoms with Crippen LogP contribution in [0.2, 0.25) is 0 Å². The average molecular weight is 325 g/mol. The van der Waals surface area contributed by atoms with Crippen LogP contribution in [0.3, 0.4) is 0 Å². The van der Waals surface area contributed by atoms with Crippen LogP contribution in [0.5, 0.6) is 11.5 Å². The average Bonchev–Trinajstić information content (AvgIpc) is 2.33. The summed E-state index contributed by atoms with van der Waals surface area (Å²) in [7, 11) is 0. The van der Waals surface area contributed by atoms with E-state index >= 15 is 0 Å². The maximum Gasteiger partial charge on any atom is 0.136 e. The third kappa shape index (κ3) is 3.14. The Labute approximate surface area is 120 Å². The Bertz CT molecular complexity index is 597. The Hall–Kier alpha value is -1.39. The van der Waals surface area contributed by atoms with Gasteiger partial charge in [0.1, 0.15) is 17.3 Å². The molecule has 0 aliphatic heterocycles. The second kappa shape index (κ2) is 5.72. The van der Waals surface area contributed by atoms with Crippen LogP contribution < -0.4 is 4.74 Å². The summed E-state index contributed by atoms with van der Waals surface area (Å²) in [5, 5.41) is 9.66. The van der Waals surface area contributed by atoms with Crippen molar-refractivity contribution < 1.29 is 14.2 Å². The van der Waals surface area contributed by atoms with Gasteiger partial charge in [-0.3, -0.25) is 0 Å². The summed E-state index contributed by atoms with van der Waals surface area (Å²) in [6.45, 7) is 3.42. The van der Waals surface area contributed by atoms with Crippen LogP contribution in [0.25, 0.3) is 0 Å². The molecule has 0 fully saturated rings. The molecule has 0 radical (unpaired) electrons. The van der Waals surface area contributed by atoms with Crippen LogP contribution in [0.15, 0.2) is 40.9 Å². The van der Waals surface area contributed by atoms with Crippen LogP contribution in [-0.4, -0.2) is 5.11 Å².